The maximum absolute atomic E-state index is 12.3. The molecule has 0 atom stereocenters. The van der Waals surface area contributed by atoms with Crippen LogP contribution in [0.2, 0.25) is 0 Å². The Hall–Kier alpha value is -0.100. The molecule has 18 heavy (non-hydrogen) atoms. The Labute approximate surface area is 122 Å². The van der Waals surface area contributed by atoms with Gasteiger partial charge in [-0.2, -0.15) is 0 Å². The lowest BCUT2D eigenvalue weighted by atomic mass is 10.2. The quantitative estimate of drug-likeness (QED) is 0.732. The molecule has 3 nitrogen and oxygen atoms in total. The minimum atomic E-state index is -3.42. The van der Waals surface area contributed by atoms with Gasteiger partial charge in [0.25, 0.3) is 0 Å². The smallest absolute Gasteiger partial charge is 0.207 e. The Morgan fingerprint density at radius 1 is 1.39 bits per heavy atom. The number of nitrogens with zero attached hydrogens (tertiary/aromatic N) is 1. The first-order valence-corrected chi connectivity index (χ1v) is 8.51. The van der Waals surface area contributed by atoms with Crippen molar-refractivity contribution in [2.45, 2.75) is 30.5 Å². The Kier molecular flexibility index (Phi) is 6.11. The Balaban J connectivity index is 3.05. The highest BCUT2D eigenvalue weighted by Crippen LogP contribution is 2.26. The third-order valence-corrected chi connectivity index (χ3v) is 5.81. The molecule has 0 heterocycles. The van der Waals surface area contributed by atoms with Crippen molar-refractivity contribution in [2.75, 3.05) is 13.6 Å². The summed E-state index contributed by atoms with van der Waals surface area (Å²) in [4.78, 5) is 0.287. The molecular formula is C12H17BrClNO2S. The largest absolute Gasteiger partial charge is 0.243 e. The standard InChI is InChI=1S/C12H17BrClNO2S/c1-3-4-7-15(2)18(16,17)12-6-5-10(9-14)8-11(12)13/h5-6,8H,3-4,7,9H2,1-2H3. The second-order valence-electron chi connectivity index (χ2n) is 4.08. The van der Waals surface area contributed by atoms with Crippen molar-refractivity contribution in [1.29, 1.82) is 0 Å². The summed E-state index contributed by atoms with van der Waals surface area (Å²) in [6.45, 7) is 2.56. The Morgan fingerprint density at radius 3 is 2.56 bits per heavy atom. The van der Waals surface area contributed by atoms with Gasteiger partial charge in [0.2, 0.25) is 10.0 Å². The molecule has 0 amide bonds. The molecule has 0 aromatic heterocycles. The van der Waals surface area contributed by atoms with Crippen molar-refractivity contribution < 1.29 is 8.42 Å². The van der Waals surface area contributed by atoms with Gasteiger partial charge in [-0.15, -0.1) is 11.6 Å². The van der Waals surface area contributed by atoms with Gasteiger partial charge in [0.1, 0.15) is 0 Å². The average molecular weight is 355 g/mol. The van der Waals surface area contributed by atoms with Crippen LogP contribution < -0.4 is 0 Å². The number of sulfonamides is 1. The SMILES string of the molecule is CCCCN(C)S(=O)(=O)c1ccc(CCl)cc1Br. The van der Waals surface area contributed by atoms with E-state index in [4.69, 9.17) is 11.6 Å². The fraction of sp³-hybridized carbons (Fsp3) is 0.500. The van der Waals surface area contributed by atoms with Crippen molar-refractivity contribution in [1.82, 2.24) is 4.31 Å². The summed E-state index contributed by atoms with van der Waals surface area (Å²) in [5.74, 6) is 0.366. The predicted molar refractivity (Wildman–Crippen MR) is 78.4 cm³/mol. The van der Waals surface area contributed by atoms with Gasteiger partial charge in [0.05, 0.1) is 4.90 Å². The predicted octanol–water partition coefficient (Wildman–Crippen LogP) is 3.61. The fourth-order valence-electron chi connectivity index (χ4n) is 1.51. The normalized spacial score (nSPS) is 12.1. The molecule has 6 heteroatoms. The summed E-state index contributed by atoms with van der Waals surface area (Å²) in [6, 6.07) is 5.07. The molecule has 0 spiro atoms. The molecule has 0 fully saturated rings. The lowest BCUT2D eigenvalue weighted by Crippen LogP contribution is -2.28. The van der Waals surface area contributed by atoms with Crippen LogP contribution in [-0.4, -0.2) is 26.3 Å². The van der Waals surface area contributed by atoms with Crippen molar-refractivity contribution in [3.63, 3.8) is 0 Å². The molecule has 0 saturated carbocycles. The molecule has 0 radical (unpaired) electrons. The summed E-state index contributed by atoms with van der Waals surface area (Å²) in [7, 11) is -1.82. The summed E-state index contributed by atoms with van der Waals surface area (Å²) in [5.41, 5.74) is 0.888. The Bertz CT molecular complexity index is 505. The highest BCUT2D eigenvalue weighted by molar-refractivity contribution is 9.10. The van der Waals surface area contributed by atoms with E-state index >= 15 is 0 Å². The number of hydrogen-bond acceptors (Lipinski definition) is 2. The number of halogens is 2. The molecule has 0 aliphatic carbocycles. The lowest BCUT2D eigenvalue weighted by molar-refractivity contribution is 0.459. The molecular weight excluding hydrogens is 338 g/mol. The molecule has 0 N–H and O–H groups in total. The van der Waals surface area contributed by atoms with Crippen LogP contribution in [0.1, 0.15) is 25.3 Å². The molecule has 0 aliphatic rings. The summed E-state index contributed by atoms with van der Waals surface area (Å²) in [6.07, 6.45) is 1.82. The maximum Gasteiger partial charge on any atom is 0.243 e. The monoisotopic (exact) mass is 353 g/mol. The molecule has 1 aromatic carbocycles. The molecule has 1 rings (SSSR count). The van der Waals surface area contributed by atoms with Gasteiger partial charge >= 0.3 is 0 Å². The topological polar surface area (TPSA) is 37.4 Å². The molecule has 0 unspecified atom stereocenters. The third kappa shape index (κ3) is 3.70. The zero-order chi connectivity index (χ0) is 13.8. The van der Waals surface area contributed by atoms with Gasteiger partial charge in [-0.3, -0.25) is 0 Å². The fourth-order valence-corrected chi connectivity index (χ4v) is 3.96. The van der Waals surface area contributed by atoms with Gasteiger partial charge in [0, 0.05) is 23.9 Å². The molecule has 1 aromatic rings. The van der Waals surface area contributed by atoms with Crippen LogP contribution in [0.5, 0.6) is 0 Å². The van der Waals surface area contributed by atoms with Crippen LogP contribution >= 0.6 is 27.5 Å². The number of benzene rings is 1. The van der Waals surface area contributed by atoms with E-state index in [0.29, 0.717) is 16.9 Å². The molecule has 0 bridgehead atoms. The van der Waals surface area contributed by atoms with Gasteiger partial charge in [-0.25, -0.2) is 12.7 Å². The van der Waals surface area contributed by atoms with Gasteiger partial charge in [-0.1, -0.05) is 19.4 Å². The van der Waals surface area contributed by atoms with Crippen molar-refractivity contribution in [2.24, 2.45) is 0 Å². The zero-order valence-corrected chi connectivity index (χ0v) is 13.6. The lowest BCUT2D eigenvalue weighted by Gasteiger charge is -2.18. The van der Waals surface area contributed by atoms with Gasteiger partial charge in [0.15, 0.2) is 0 Å². The third-order valence-electron chi connectivity index (χ3n) is 2.67. The molecule has 102 valence electrons. The van der Waals surface area contributed by atoms with E-state index in [0.717, 1.165) is 18.4 Å². The van der Waals surface area contributed by atoms with E-state index in [-0.39, 0.29) is 4.90 Å². The average Bonchev–Trinajstić information content (AvgIpc) is 2.35. The second kappa shape index (κ2) is 6.89. The van der Waals surface area contributed by atoms with E-state index in [1.165, 1.54) is 4.31 Å². The first kappa shape index (κ1) is 16.0. The van der Waals surface area contributed by atoms with Crippen LogP contribution in [0.4, 0.5) is 0 Å². The Morgan fingerprint density at radius 2 is 2.06 bits per heavy atom. The van der Waals surface area contributed by atoms with Crippen LogP contribution in [0.3, 0.4) is 0 Å². The first-order valence-electron chi connectivity index (χ1n) is 5.74. The van der Waals surface area contributed by atoms with Crippen LogP contribution in [-0.2, 0) is 15.9 Å². The highest BCUT2D eigenvalue weighted by Gasteiger charge is 2.22. The van der Waals surface area contributed by atoms with Crippen molar-refractivity contribution >= 4 is 37.6 Å². The van der Waals surface area contributed by atoms with Crippen LogP contribution in [0.15, 0.2) is 27.6 Å². The second-order valence-corrected chi connectivity index (χ2v) is 7.21. The molecule has 0 saturated heterocycles. The van der Waals surface area contributed by atoms with E-state index in [2.05, 4.69) is 15.9 Å². The number of alkyl halides is 1. The van der Waals surface area contributed by atoms with Crippen molar-refractivity contribution in [3.05, 3.63) is 28.2 Å². The van der Waals surface area contributed by atoms with E-state index in [9.17, 15) is 8.42 Å². The van der Waals surface area contributed by atoms with Gasteiger partial charge < -0.3 is 0 Å². The zero-order valence-electron chi connectivity index (χ0n) is 10.5. The van der Waals surface area contributed by atoms with Crippen LogP contribution in [0.25, 0.3) is 0 Å². The number of hydrogen-bond donors (Lipinski definition) is 0. The molecule has 0 aliphatic heterocycles. The minimum Gasteiger partial charge on any atom is -0.207 e. The summed E-state index contributed by atoms with van der Waals surface area (Å²) >= 11 is 9.01. The van der Waals surface area contributed by atoms with Crippen molar-refractivity contribution in [3.8, 4) is 0 Å². The number of rotatable bonds is 6. The van der Waals surface area contributed by atoms with E-state index < -0.39 is 10.0 Å². The minimum absolute atomic E-state index is 0.287. The summed E-state index contributed by atoms with van der Waals surface area (Å²) < 4.78 is 26.6. The maximum atomic E-state index is 12.3. The first-order chi connectivity index (χ1) is 8.43. The summed E-state index contributed by atoms with van der Waals surface area (Å²) in [5, 5.41) is 0. The van der Waals surface area contributed by atoms with E-state index in [1.807, 2.05) is 6.92 Å². The van der Waals surface area contributed by atoms with Gasteiger partial charge in [-0.05, 0) is 40.0 Å². The van der Waals surface area contributed by atoms with E-state index in [1.54, 1.807) is 25.2 Å². The number of unbranched alkanes of at least 4 members (excludes halogenated alkanes) is 1. The van der Waals surface area contributed by atoms with Crippen LogP contribution in [0, 0.1) is 0 Å². The highest BCUT2D eigenvalue weighted by atomic mass is 79.9.